The Balaban J connectivity index is 2.11. The summed E-state index contributed by atoms with van der Waals surface area (Å²) < 4.78 is 10.4. The van der Waals surface area contributed by atoms with E-state index in [1.807, 2.05) is 30.3 Å². The molecule has 1 aromatic carbocycles. The van der Waals surface area contributed by atoms with E-state index in [2.05, 4.69) is 31.0 Å². The lowest BCUT2D eigenvalue weighted by molar-refractivity contribution is -0.145. The van der Waals surface area contributed by atoms with Gasteiger partial charge in [-0.05, 0) is 24.4 Å². The van der Waals surface area contributed by atoms with Crippen molar-refractivity contribution < 1.29 is 19.1 Å². The lowest BCUT2D eigenvalue weighted by atomic mass is 10.00. The molecule has 1 N–H and O–H groups in total. The first-order valence-corrected chi connectivity index (χ1v) is 13.5. The quantitative estimate of drug-likeness (QED) is 0.315. The van der Waals surface area contributed by atoms with Crippen LogP contribution >= 0.6 is 0 Å². The maximum Gasteiger partial charge on any atom is 0.407 e. The number of hydrogen-bond acceptors (Lipinski definition) is 5. The van der Waals surface area contributed by atoms with E-state index >= 15 is 0 Å². The number of carbonyl (C=O) groups excluding carboxylic acids is 2. The molecule has 6 nitrogen and oxygen atoms in total. The van der Waals surface area contributed by atoms with Gasteiger partial charge in [-0.3, -0.25) is 4.79 Å². The molecule has 1 atom stereocenters. The van der Waals surface area contributed by atoms with Gasteiger partial charge >= 0.3 is 12.1 Å². The molecule has 0 aliphatic rings. The number of hydrogen-bond donors (Lipinski definition) is 1. The summed E-state index contributed by atoms with van der Waals surface area (Å²) in [6, 6.07) is 12.6. The number of carbonyl (C=O) groups is 2. The molecule has 1 amide bonds. The minimum absolute atomic E-state index is 0.0928. The standard InChI is InChI=1S/C21H32N2O4Si/c1-28(2,3)14-13-26-21(25)23-12-8-7-11-19(16-22)15-20(24)27-17-18-9-5-4-6-10-18/h4-6,9-10,19H,7-8,11-15,17H2,1-3H3,(H,23,25)/t19-/m1/s1. The van der Waals surface area contributed by atoms with Gasteiger partial charge in [-0.1, -0.05) is 56.4 Å². The van der Waals surface area contributed by atoms with Crippen LogP contribution in [0.2, 0.25) is 25.7 Å². The van der Waals surface area contributed by atoms with Crippen LogP contribution in [0.4, 0.5) is 4.79 Å². The van der Waals surface area contributed by atoms with E-state index in [0.29, 0.717) is 19.6 Å². The van der Waals surface area contributed by atoms with Gasteiger partial charge in [0.25, 0.3) is 0 Å². The largest absolute Gasteiger partial charge is 0.461 e. The van der Waals surface area contributed by atoms with Crippen molar-refractivity contribution in [2.75, 3.05) is 13.2 Å². The molecule has 1 aromatic rings. The van der Waals surface area contributed by atoms with Crippen molar-refractivity contribution in [3.05, 3.63) is 35.9 Å². The molecule has 0 aliphatic carbocycles. The van der Waals surface area contributed by atoms with Crippen LogP contribution in [0.3, 0.4) is 0 Å². The summed E-state index contributed by atoms with van der Waals surface area (Å²) in [4.78, 5) is 23.5. The molecule has 0 unspecified atom stereocenters. The number of esters is 1. The average molecular weight is 405 g/mol. The van der Waals surface area contributed by atoms with E-state index in [1.54, 1.807) is 0 Å². The predicted octanol–water partition coefficient (Wildman–Crippen LogP) is 4.49. The number of unbranched alkanes of at least 4 members (excludes halogenated alkanes) is 1. The van der Waals surface area contributed by atoms with Crippen molar-refractivity contribution in [2.45, 2.75) is 58.0 Å². The molecule has 0 fully saturated rings. The van der Waals surface area contributed by atoms with Crippen molar-refractivity contribution in [3.8, 4) is 6.07 Å². The second kappa shape index (κ2) is 12.9. The molecular formula is C21H32N2O4Si. The van der Waals surface area contributed by atoms with E-state index in [-0.39, 0.29) is 31.0 Å². The highest BCUT2D eigenvalue weighted by Gasteiger charge is 2.15. The Hall–Kier alpha value is -2.33. The van der Waals surface area contributed by atoms with Gasteiger partial charge in [0.1, 0.15) is 6.61 Å². The summed E-state index contributed by atoms with van der Waals surface area (Å²) in [6.07, 6.45) is 1.79. The molecule has 154 valence electrons. The lowest BCUT2D eigenvalue weighted by Crippen LogP contribution is -2.28. The second-order valence-electron chi connectivity index (χ2n) is 8.05. The molecule has 0 aromatic heterocycles. The fourth-order valence-corrected chi connectivity index (χ4v) is 3.13. The first-order chi connectivity index (χ1) is 13.3. The van der Waals surface area contributed by atoms with Crippen LogP contribution in [-0.2, 0) is 20.9 Å². The highest BCUT2D eigenvalue weighted by atomic mass is 28.3. The van der Waals surface area contributed by atoms with Crippen molar-refractivity contribution in [3.63, 3.8) is 0 Å². The first kappa shape index (κ1) is 23.7. The zero-order chi connectivity index (χ0) is 20.8. The smallest absolute Gasteiger partial charge is 0.407 e. The Morgan fingerprint density at radius 2 is 1.86 bits per heavy atom. The maximum absolute atomic E-state index is 11.9. The van der Waals surface area contributed by atoms with Crippen molar-refractivity contribution in [1.29, 1.82) is 5.26 Å². The number of rotatable bonds is 12. The summed E-state index contributed by atoms with van der Waals surface area (Å²) in [5.74, 6) is -0.730. The number of nitrogens with one attached hydrogen (secondary N) is 1. The Labute approximate surface area is 169 Å². The van der Waals surface area contributed by atoms with Gasteiger partial charge in [0.15, 0.2) is 0 Å². The van der Waals surface area contributed by atoms with Gasteiger partial charge in [0.2, 0.25) is 0 Å². The molecule has 0 saturated carbocycles. The number of nitriles is 1. The van der Waals surface area contributed by atoms with E-state index < -0.39 is 8.07 Å². The molecular weight excluding hydrogens is 372 g/mol. The van der Waals surface area contributed by atoms with E-state index in [9.17, 15) is 14.9 Å². The van der Waals surface area contributed by atoms with Gasteiger partial charge in [-0.15, -0.1) is 0 Å². The van der Waals surface area contributed by atoms with E-state index in [0.717, 1.165) is 24.4 Å². The average Bonchev–Trinajstić information content (AvgIpc) is 2.65. The molecule has 0 aliphatic heterocycles. The van der Waals surface area contributed by atoms with Gasteiger partial charge in [-0.2, -0.15) is 5.26 Å². The topological polar surface area (TPSA) is 88.4 Å². The minimum atomic E-state index is -1.20. The first-order valence-electron chi connectivity index (χ1n) is 9.80. The third kappa shape index (κ3) is 12.1. The third-order valence-electron chi connectivity index (χ3n) is 4.17. The van der Waals surface area contributed by atoms with Gasteiger partial charge < -0.3 is 14.8 Å². The second-order valence-corrected chi connectivity index (χ2v) is 13.7. The zero-order valence-corrected chi connectivity index (χ0v) is 18.2. The molecule has 7 heteroatoms. The van der Waals surface area contributed by atoms with Crippen LogP contribution in [0.25, 0.3) is 0 Å². The maximum atomic E-state index is 11.9. The van der Waals surface area contributed by atoms with Crippen LogP contribution in [-0.4, -0.2) is 33.3 Å². The summed E-state index contributed by atoms with van der Waals surface area (Å²) in [6.45, 7) is 7.89. The van der Waals surface area contributed by atoms with Crippen molar-refractivity contribution >= 4 is 20.1 Å². The highest BCUT2D eigenvalue weighted by Crippen LogP contribution is 2.13. The number of nitrogens with zero attached hydrogens (tertiary/aromatic N) is 1. The number of amides is 1. The van der Waals surface area contributed by atoms with Gasteiger partial charge in [0, 0.05) is 14.6 Å². The molecule has 0 radical (unpaired) electrons. The number of benzene rings is 1. The van der Waals surface area contributed by atoms with Crippen LogP contribution in [0.1, 0.15) is 31.2 Å². The Morgan fingerprint density at radius 3 is 2.50 bits per heavy atom. The van der Waals surface area contributed by atoms with E-state index in [1.165, 1.54) is 0 Å². The summed E-state index contributed by atoms with van der Waals surface area (Å²) in [5.41, 5.74) is 0.923. The number of ether oxygens (including phenoxy) is 2. The number of alkyl carbamates (subject to hydrolysis) is 1. The molecule has 0 spiro atoms. The molecule has 1 rings (SSSR count). The van der Waals surface area contributed by atoms with Gasteiger partial charge in [-0.25, -0.2) is 4.79 Å². The van der Waals surface area contributed by atoms with Crippen LogP contribution < -0.4 is 5.32 Å². The molecule has 0 saturated heterocycles. The fraction of sp³-hybridized carbons (Fsp3) is 0.571. The van der Waals surface area contributed by atoms with Crippen molar-refractivity contribution in [1.82, 2.24) is 5.32 Å². The summed E-state index contributed by atoms with van der Waals surface area (Å²) in [5, 5.41) is 11.9. The highest BCUT2D eigenvalue weighted by molar-refractivity contribution is 6.76. The summed E-state index contributed by atoms with van der Waals surface area (Å²) >= 11 is 0. The Bertz CT molecular complexity index is 638. The fourth-order valence-electron chi connectivity index (χ4n) is 2.42. The monoisotopic (exact) mass is 404 g/mol. The van der Waals surface area contributed by atoms with E-state index in [4.69, 9.17) is 9.47 Å². The Morgan fingerprint density at radius 1 is 1.14 bits per heavy atom. The third-order valence-corrected chi connectivity index (χ3v) is 5.88. The minimum Gasteiger partial charge on any atom is -0.461 e. The van der Waals surface area contributed by atoms with Crippen LogP contribution in [0.5, 0.6) is 0 Å². The lowest BCUT2D eigenvalue weighted by Gasteiger charge is -2.15. The predicted molar refractivity (Wildman–Crippen MR) is 111 cm³/mol. The van der Waals surface area contributed by atoms with Gasteiger partial charge in [0.05, 0.1) is 25.0 Å². The van der Waals surface area contributed by atoms with Crippen LogP contribution in [0.15, 0.2) is 30.3 Å². The summed E-state index contributed by atoms with van der Waals surface area (Å²) in [7, 11) is -1.20. The molecule has 28 heavy (non-hydrogen) atoms. The molecule has 0 bridgehead atoms. The normalized spacial score (nSPS) is 11.9. The SMILES string of the molecule is C[Si](C)(C)CCOC(=O)NCCCC[C@@H](C#N)CC(=O)OCc1ccccc1. The van der Waals surface area contributed by atoms with Crippen LogP contribution in [0, 0.1) is 17.2 Å². The molecule has 0 heterocycles. The van der Waals surface area contributed by atoms with Crippen molar-refractivity contribution in [2.24, 2.45) is 5.92 Å². The Kier molecular flexibility index (Phi) is 11.0. The zero-order valence-electron chi connectivity index (χ0n) is 17.2.